The molecule has 0 unspecified atom stereocenters. The zero-order chi connectivity index (χ0) is 17.8. The molecule has 128 valence electrons. The van der Waals surface area contributed by atoms with Gasteiger partial charge >= 0.3 is 0 Å². The van der Waals surface area contributed by atoms with E-state index in [9.17, 15) is 0 Å². The van der Waals surface area contributed by atoms with Crippen LogP contribution >= 0.6 is 11.6 Å². The fraction of sp³-hybridized carbons (Fsp3) is 0.118. The zero-order valence-electron chi connectivity index (χ0n) is 13.8. The van der Waals surface area contributed by atoms with E-state index in [-0.39, 0.29) is 0 Å². The summed E-state index contributed by atoms with van der Waals surface area (Å²) in [5.41, 5.74) is 1.60. The minimum Gasteiger partial charge on any atom is -0.496 e. The first-order valence-corrected chi connectivity index (χ1v) is 7.82. The van der Waals surface area contributed by atoms with Crippen molar-refractivity contribution in [1.82, 2.24) is 19.7 Å². The molecule has 2 radical (unpaired) electrons. The van der Waals surface area contributed by atoms with Crippen molar-refractivity contribution in [2.75, 3.05) is 17.7 Å². The molecule has 0 aliphatic rings. The number of nitrogens with zero attached hydrogens (tertiary/aromatic N) is 4. The van der Waals surface area contributed by atoms with Gasteiger partial charge in [-0.15, -0.1) is 0 Å². The third-order valence-electron chi connectivity index (χ3n) is 3.41. The number of para-hydroxylation sites is 1. The number of hydrogen-bond donors (Lipinski definition) is 2. The standard InChI is InChI=1S/C17H17ClN6O/c1-11(13-6-4-5-7-15(13)25-3)21-16-14(18)9-19-17(23-16)22-12-8-20-24(2)10-12/h4-10H,1H2,2-3H3,(H2,19,21,22,23). The van der Waals surface area contributed by atoms with Crippen molar-refractivity contribution in [1.29, 1.82) is 0 Å². The lowest BCUT2D eigenvalue weighted by molar-refractivity contribution is 0.411. The fourth-order valence-corrected chi connectivity index (χ4v) is 2.37. The molecule has 2 N–H and O–H groups in total. The predicted octanol–water partition coefficient (Wildman–Crippen LogP) is 3.44. The van der Waals surface area contributed by atoms with Crippen molar-refractivity contribution in [2.24, 2.45) is 7.05 Å². The molecule has 2 heterocycles. The molecular weight excluding hydrogens is 340 g/mol. The molecule has 0 bridgehead atoms. The highest BCUT2D eigenvalue weighted by Gasteiger charge is 2.15. The van der Waals surface area contributed by atoms with E-state index in [2.05, 4.69) is 32.6 Å². The Morgan fingerprint density at radius 2 is 2.08 bits per heavy atom. The van der Waals surface area contributed by atoms with E-state index in [1.54, 1.807) is 18.0 Å². The van der Waals surface area contributed by atoms with Gasteiger partial charge in [0, 0.05) is 18.8 Å². The summed E-state index contributed by atoms with van der Waals surface area (Å²) in [6.07, 6.45) is 5.02. The quantitative estimate of drug-likeness (QED) is 0.704. The van der Waals surface area contributed by atoms with Crippen LogP contribution in [0.1, 0.15) is 5.56 Å². The first kappa shape index (κ1) is 17.0. The molecule has 0 atom stereocenters. The lowest BCUT2D eigenvalue weighted by Crippen LogP contribution is -2.12. The molecule has 25 heavy (non-hydrogen) atoms. The van der Waals surface area contributed by atoms with Gasteiger partial charge in [-0.1, -0.05) is 29.8 Å². The average Bonchev–Trinajstić information content (AvgIpc) is 3.02. The Balaban J connectivity index is 1.80. The summed E-state index contributed by atoms with van der Waals surface area (Å²) in [7, 11) is 3.44. The van der Waals surface area contributed by atoms with Gasteiger partial charge in [-0.2, -0.15) is 10.1 Å². The van der Waals surface area contributed by atoms with Gasteiger partial charge in [-0.05, 0) is 13.0 Å². The first-order valence-electron chi connectivity index (χ1n) is 7.44. The molecule has 3 aromatic rings. The number of aryl methyl sites for hydroxylation is 1. The molecule has 0 saturated heterocycles. The van der Waals surface area contributed by atoms with Crippen molar-refractivity contribution in [3.8, 4) is 5.75 Å². The lowest BCUT2D eigenvalue weighted by atomic mass is 10.1. The summed E-state index contributed by atoms with van der Waals surface area (Å²) in [6, 6.07) is 8.17. The number of rotatable bonds is 6. The van der Waals surface area contributed by atoms with Crippen LogP contribution in [0, 0.1) is 13.0 Å². The largest absolute Gasteiger partial charge is 0.496 e. The summed E-state index contributed by atoms with van der Waals surface area (Å²) < 4.78 is 7.03. The smallest absolute Gasteiger partial charge is 0.229 e. The molecule has 0 fully saturated rings. The van der Waals surface area contributed by atoms with Crippen LogP contribution in [0.25, 0.3) is 0 Å². The van der Waals surface area contributed by atoms with E-state index in [0.717, 1.165) is 11.3 Å². The summed E-state index contributed by atoms with van der Waals surface area (Å²) in [4.78, 5) is 8.57. The van der Waals surface area contributed by atoms with Crippen molar-refractivity contribution in [3.63, 3.8) is 0 Å². The monoisotopic (exact) mass is 356 g/mol. The molecule has 2 aromatic heterocycles. The Kier molecular flexibility index (Phi) is 5.04. The van der Waals surface area contributed by atoms with Gasteiger partial charge < -0.3 is 15.4 Å². The minimum absolute atomic E-state index is 0.382. The topological polar surface area (TPSA) is 76.9 Å². The fourth-order valence-electron chi connectivity index (χ4n) is 2.23. The Bertz CT molecular complexity index is 866. The van der Waals surface area contributed by atoms with Crippen LogP contribution in [-0.2, 0) is 7.05 Å². The van der Waals surface area contributed by atoms with Crippen LogP contribution in [0.5, 0.6) is 5.75 Å². The van der Waals surface area contributed by atoms with Gasteiger partial charge in [-0.3, -0.25) is 4.68 Å². The summed E-state index contributed by atoms with van der Waals surface area (Å²) >= 11 is 6.20. The normalized spacial score (nSPS) is 10.8. The average molecular weight is 357 g/mol. The number of nitrogens with one attached hydrogen (secondary N) is 2. The lowest BCUT2D eigenvalue weighted by Gasteiger charge is -2.17. The maximum Gasteiger partial charge on any atom is 0.229 e. The Labute approximate surface area is 151 Å². The molecule has 0 aliphatic heterocycles. The number of aromatic nitrogens is 4. The van der Waals surface area contributed by atoms with Gasteiger partial charge in [0.1, 0.15) is 10.8 Å². The highest BCUT2D eigenvalue weighted by Crippen LogP contribution is 2.29. The van der Waals surface area contributed by atoms with Crippen molar-refractivity contribution < 1.29 is 4.74 Å². The van der Waals surface area contributed by atoms with Crippen molar-refractivity contribution in [2.45, 2.75) is 0 Å². The molecule has 1 aromatic carbocycles. The molecule has 0 aliphatic carbocycles. The number of anilines is 3. The molecule has 0 saturated carbocycles. The third-order valence-corrected chi connectivity index (χ3v) is 3.68. The van der Waals surface area contributed by atoms with Crippen LogP contribution in [0.4, 0.5) is 17.5 Å². The van der Waals surface area contributed by atoms with E-state index >= 15 is 0 Å². The summed E-state index contributed by atoms with van der Waals surface area (Å²) in [6.45, 7) is 4.04. The Morgan fingerprint density at radius 1 is 1.28 bits per heavy atom. The highest BCUT2D eigenvalue weighted by atomic mass is 35.5. The van der Waals surface area contributed by atoms with Crippen LogP contribution in [-0.4, -0.2) is 26.9 Å². The number of methoxy groups -OCH3 is 1. The second-order valence-electron chi connectivity index (χ2n) is 5.22. The maximum atomic E-state index is 6.20. The van der Waals surface area contributed by atoms with E-state index in [1.165, 1.54) is 6.20 Å². The predicted molar refractivity (Wildman–Crippen MR) is 97.9 cm³/mol. The minimum atomic E-state index is 0.382. The van der Waals surface area contributed by atoms with E-state index < -0.39 is 0 Å². The number of benzene rings is 1. The second kappa shape index (κ2) is 7.40. The van der Waals surface area contributed by atoms with E-state index in [4.69, 9.17) is 16.3 Å². The van der Waals surface area contributed by atoms with Crippen LogP contribution < -0.4 is 15.4 Å². The van der Waals surface area contributed by atoms with Gasteiger partial charge in [0.05, 0.1) is 31.2 Å². The number of ether oxygens (including phenoxy) is 1. The summed E-state index contributed by atoms with van der Waals surface area (Å²) in [5, 5.41) is 10.7. The van der Waals surface area contributed by atoms with E-state index in [1.807, 2.05) is 37.5 Å². The highest BCUT2D eigenvalue weighted by molar-refractivity contribution is 6.32. The molecule has 7 nitrogen and oxygen atoms in total. The zero-order valence-corrected chi connectivity index (χ0v) is 14.6. The molecule has 3 rings (SSSR count). The van der Waals surface area contributed by atoms with Crippen LogP contribution in [0.15, 0.2) is 42.9 Å². The molecular formula is C17H17ClN6O. The van der Waals surface area contributed by atoms with Crippen LogP contribution in [0.2, 0.25) is 5.02 Å². The molecule has 8 heteroatoms. The second-order valence-corrected chi connectivity index (χ2v) is 5.63. The van der Waals surface area contributed by atoms with Crippen LogP contribution in [0.3, 0.4) is 0 Å². The first-order chi connectivity index (χ1) is 12.1. The third kappa shape index (κ3) is 4.00. The molecule has 0 amide bonds. The van der Waals surface area contributed by atoms with Crippen molar-refractivity contribution >= 4 is 29.1 Å². The van der Waals surface area contributed by atoms with Gasteiger partial charge in [0.2, 0.25) is 5.95 Å². The maximum absolute atomic E-state index is 6.20. The number of halogens is 1. The Hall–Kier alpha value is -2.80. The molecule has 0 spiro atoms. The van der Waals surface area contributed by atoms with E-state index in [0.29, 0.717) is 28.6 Å². The van der Waals surface area contributed by atoms with Gasteiger partial charge in [0.25, 0.3) is 0 Å². The van der Waals surface area contributed by atoms with Gasteiger partial charge in [0.15, 0.2) is 5.82 Å². The van der Waals surface area contributed by atoms with Crippen molar-refractivity contribution in [3.05, 3.63) is 66.4 Å². The number of hydrogen-bond acceptors (Lipinski definition) is 6. The SMILES string of the molecule is [CH2][C](Nc1nc(Nc2cnn(C)c2)ncc1Cl)c1ccccc1OC. The summed E-state index contributed by atoms with van der Waals surface area (Å²) in [5.74, 6) is 1.55. The van der Waals surface area contributed by atoms with Gasteiger partial charge in [-0.25, -0.2) is 4.98 Å². The Morgan fingerprint density at radius 3 is 2.80 bits per heavy atom.